The molecule has 0 aliphatic heterocycles. The molecule has 0 radical (unpaired) electrons. The summed E-state index contributed by atoms with van der Waals surface area (Å²) in [6.45, 7) is 8.80. The summed E-state index contributed by atoms with van der Waals surface area (Å²) in [4.78, 5) is 20.8. The molecule has 0 unspecified atom stereocenters. The van der Waals surface area contributed by atoms with E-state index in [1.54, 1.807) is 31.4 Å². The van der Waals surface area contributed by atoms with E-state index in [-0.39, 0.29) is 17.3 Å². The van der Waals surface area contributed by atoms with Gasteiger partial charge in [-0.1, -0.05) is 18.7 Å². The number of fused-ring (bicyclic) bond motifs is 3. The minimum atomic E-state index is -0.648. The Hall–Kier alpha value is -3.09. The van der Waals surface area contributed by atoms with Gasteiger partial charge in [0.1, 0.15) is 17.1 Å². The van der Waals surface area contributed by atoms with Crippen molar-refractivity contribution >= 4 is 34.4 Å². The van der Waals surface area contributed by atoms with E-state index in [1.165, 1.54) is 0 Å². The van der Waals surface area contributed by atoms with Gasteiger partial charge in [-0.3, -0.25) is 9.72 Å². The molecule has 3 aromatic rings. The molecule has 2 aromatic heterocycles. The Labute approximate surface area is 138 Å². The molecule has 3 rings (SSSR count). The van der Waals surface area contributed by atoms with Crippen molar-refractivity contribution in [3.63, 3.8) is 0 Å². The molecule has 124 valence electrons. The lowest BCUT2D eigenvalue weighted by Gasteiger charge is -2.19. The number of anilines is 1. The first-order chi connectivity index (χ1) is 11.2. The van der Waals surface area contributed by atoms with Crippen LogP contribution in [0.1, 0.15) is 26.5 Å². The van der Waals surface area contributed by atoms with Crippen LogP contribution in [-0.4, -0.2) is 31.2 Å². The van der Waals surface area contributed by atoms with E-state index in [2.05, 4.69) is 21.9 Å². The highest BCUT2D eigenvalue weighted by Crippen LogP contribution is 2.23. The largest absolute Gasteiger partial charge is 0.506 e. The molecule has 24 heavy (non-hydrogen) atoms. The number of aliphatic hydroxyl groups is 1. The maximum absolute atomic E-state index is 12.1. The number of aromatic nitrogens is 3. The van der Waals surface area contributed by atoms with Gasteiger partial charge in [-0.15, -0.1) is 0 Å². The number of imidazole rings is 1. The number of amides is 1. The highest BCUT2D eigenvalue weighted by molar-refractivity contribution is 5.91. The Morgan fingerprint density at radius 2 is 2.00 bits per heavy atom. The van der Waals surface area contributed by atoms with E-state index in [9.17, 15) is 9.90 Å². The summed E-state index contributed by atoms with van der Waals surface area (Å²) in [5.74, 6) is -0.0185. The molecule has 7 heteroatoms. The van der Waals surface area contributed by atoms with Crippen LogP contribution in [0.25, 0.3) is 22.4 Å². The van der Waals surface area contributed by atoms with Crippen LogP contribution in [0, 0.1) is 0 Å². The third kappa shape index (κ3) is 3.01. The zero-order valence-electron chi connectivity index (χ0n) is 13.7. The van der Waals surface area contributed by atoms with Crippen LogP contribution < -0.4 is 5.32 Å². The SMILES string of the molecule is C=C(O)c1cn2c(nc3ccccc32)c(NC(=O)OC(C)(C)C)n1. The lowest BCUT2D eigenvalue weighted by Crippen LogP contribution is -2.27. The van der Waals surface area contributed by atoms with Crippen molar-refractivity contribution in [2.75, 3.05) is 5.32 Å². The molecular weight excluding hydrogens is 308 g/mol. The molecule has 0 saturated heterocycles. The van der Waals surface area contributed by atoms with Gasteiger partial charge in [0.15, 0.2) is 11.5 Å². The van der Waals surface area contributed by atoms with Gasteiger partial charge in [0.25, 0.3) is 0 Å². The molecule has 7 nitrogen and oxygen atoms in total. The number of aliphatic hydroxyl groups excluding tert-OH is 1. The Balaban J connectivity index is 2.14. The normalized spacial score (nSPS) is 11.6. The van der Waals surface area contributed by atoms with E-state index in [0.717, 1.165) is 11.0 Å². The topological polar surface area (TPSA) is 88.8 Å². The predicted molar refractivity (Wildman–Crippen MR) is 92.0 cm³/mol. The smallest absolute Gasteiger partial charge is 0.413 e. The van der Waals surface area contributed by atoms with Gasteiger partial charge in [-0.05, 0) is 32.9 Å². The number of hydrogen-bond acceptors (Lipinski definition) is 5. The number of rotatable bonds is 2. The van der Waals surface area contributed by atoms with Crippen molar-refractivity contribution in [3.05, 3.63) is 42.7 Å². The summed E-state index contributed by atoms with van der Waals surface area (Å²) in [6, 6.07) is 7.49. The first-order valence-electron chi connectivity index (χ1n) is 7.41. The summed E-state index contributed by atoms with van der Waals surface area (Å²) < 4.78 is 6.99. The van der Waals surface area contributed by atoms with Crippen LogP contribution in [0.15, 0.2) is 37.0 Å². The van der Waals surface area contributed by atoms with Crippen LogP contribution in [0.2, 0.25) is 0 Å². The third-order valence-electron chi connectivity index (χ3n) is 3.21. The van der Waals surface area contributed by atoms with E-state index >= 15 is 0 Å². The second kappa shape index (κ2) is 5.52. The average molecular weight is 326 g/mol. The number of ether oxygens (including phenoxy) is 1. The fourth-order valence-electron chi connectivity index (χ4n) is 2.29. The summed E-state index contributed by atoms with van der Waals surface area (Å²) in [5, 5.41) is 12.3. The first kappa shape index (κ1) is 15.8. The Kier molecular flexibility index (Phi) is 3.63. The molecular formula is C17H18N4O3. The number of nitrogens with zero attached hydrogens (tertiary/aromatic N) is 3. The second-order valence-electron chi connectivity index (χ2n) is 6.34. The zero-order valence-corrected chi connectivity index (χ0v) is 13.7. The van der Waals surface area contributed by atoms with Crippen molar-refractivity contribution in [3.8, 4) is 0 Å². The molecule has 0 aliphatic rings. The van der Waals surface area contributed by atoms with Crippen molar-refractivity contribution in [1.29, 1.82) is 0 Å². The Morgan fingerprint density at radius 3 is 2.67 bits per heavy atom. The monoisotopic (exact) mass is 326 g/mol. The number of nitrogens with one attached hydrogen (secondary N) is 1. The number of carbonyl (C=O) groups excluding carboxylic acids is 1. The molecule has 0 spiro atoms. The van der Waals surface area contributed by atoms with Gasteiger partial charge in [0.05, 0.1) is 11.0 Å². The molecule has 1 amide bonds. The number of para-hydroxylation sites is 2. The summed E-state index contributed by atoms with van der Waals surface area (Å²) >= 11 is 0. The van der Waals surface area contributed by atoms with Crippen molar-refractivity contribution in [2.45, 2.75) is 26.4 Å². The molecule has 0 atom stereocenters. The molecule has 2 heterocycles. The maximum Gasteiger partial charge on any atom is 0.413 e. The maximum atomic E-state index is 12.1. The van der Waals surface area contributed by atoms with Gasteiger partial charge in [-0.25, -0.2) is 14.8 Å². The summed E-state index contributed by atoms with van der Waals surface area (Å²) in [6.07, 6.45) is 0.970. The standard InChI is InChI=1S/C17H18N4O3/c1-10(22)12-9-21-13-8-6-5-7-11(13)19-15(21)14(18-12)20-16(23)24-17(2,3)4/h5-9,22H,1H2,2-4H3,(H,18,20,23). The first-order valence-corrected chi connectivity index (χ1v) is 7.41. The van der Waals surface area contributed by atoms with Crippen LogP contribution in [0.5, 0.6) is 0 Å². The van der Waals surface area contributed by atoms with Gasteiger partial charge in [0, 0.05) is 6.20 Å². The van der Waals surface area contributed by atoms with Gasteiger partial charge in [0.2, 0.25) is 0 Å². The van der Waals surface area contributed by atoms with E-state index < -0.39 is 11.7 Å². The van der Waals surface area contributed by atoms with Crippen molar-refractivity contribution in [2.24, 2.45) is 0 Å². The molecule has 2 N–H and O–H groups in total. The Bertz CT molecular complexity index is 954. The lowest BCUT2D eigenvalue weighted by molar-refractivity contribution is 0.0635. The van der Waals surface area contributed by atoms with Crippen LogP contribution in [-0.2, 0) is 4.74 Å². The number of hydrogen-bond donors (Lipinski definition) is 2. The zero-order chi connectivity index (χ0) is 17.5. The summed E-state index contributed by atoms with van der Waals surface area (Å²) in [5.41, 5.74) is 1.61. The third-order valence-corrected chi connectivity index (χ3v) is 3.21. The molecule has 0 bridgehead atoms. The average Bonchev–Trinajstić information content (AvgIpc) is 2.84. The Morgan fingerprint density at radius 1 is 1.29 bits per heavy atom. The van der Waals surface area contributed by atoms with Crippen LogP contribution in [0.3, 0.4) is 0 Å². The highest BCUT2D eigenvalue weighted by Gasteiger charge is 2.20. The van der Waals surface area contributed by atoms with Crippen molar-refractivity contribution < 1.29 is 14.6 Å². The van der Waals surface area contributed by atoms with E-state index in [1.807, 2.05) is 24.3 Å². The van der Waals surface area contributed by atoms with E-state index in [0.29, 0.717) is 5.65 Å². The predicted octanol–water partition coefficient (Wildman–Crippen LogP) is 3.76. The number of benzene rings is 1. The second-order valence-corrected chi connectivity index (χ2v) is 6.34. The van der Waals surface area contributed by atoms with Gasteiger partial charge in [-0.2, -0.15) is 0 Å². The minimum absolute atomic E-state index is 0.188. The van der Waals surface area contributed by atoms with E-state index in [4.69, 9.17) is 4.74 Å². The van der Waals surface area contributed by atoms with Gasteiger partial charge >= 0.3 is 6.09 Å². The molecule has 0 aliphatic carbocycles. The summed E-state index contributed by atoms with van der Waals surface area (Å²) in [7, 11) is 0. The van der Waals surface area contributed by atoms with Crippen molar-refractivity contribution in [1.82, 2.24) is 14.4 Å². The highest BCUT2D eigenvalue weighted by atomic mass is 16.6. The number of carbonyl (C=O) groups is 1. The molecule has 0 fully saturated rings. The fraction of sp³-hybridized carbons (Fsp3) is 0.235. The van der Waals surface area contributed by atoms with Crippen LogP contribution >= 0.6 is 0 Å². The lowest BCUT2D eigenvalue weighted by atomic mass is 10.2. The molecule has 1 aromatic carbocycles. The van der Waals surface area contributed by atoms with Gasteiger partial charge < -0.3 is 9.84 Å². The quantitative estimate of drug-likeness (QED) is 0.700. The minimum Gasteiger partial charge on any atom is -0.506 e. The molecule has 0 saturated carbocycles. The fourth-order valence-corrected chi connectivity index (χ4v) is 2.29. The van der Waals surface area contributed by atoms with Crippen LogP contribution in [0.4, 0.5) is 10.6 Å².